The summed E-state index contributed by atoms with van der Waals surface area (Å²) in [5, 5.41) is 0.999. The van der Waals surface area contributed by atoms with Crippen molar-refractivity contribution in [3.63, 3.8) is 0 Å². The highest BCUT2D eigenvalue weighted by Crippen LogP contribution is 2.31. The number of aldehydes is 1. The van der Waals surface area contributed by atoms with Crippen LogP contribution in [-0.2, 0) is 0 Å². The Morgan fingerprint density at radius 1 is 0.950 bits per heavy atom. The van der Waals surface area contributed by atoms with Crippen molar-refractivity contribution in [3.05, 3.63) is 58.7 Å². The van der Waals surface area contributed by atoms with E-state index >= 15 is 0 Å². The molecule has 2 heteroatoms. The average molecular weight is 263 g/mol. The third-order valence-corrected chi connectivity index (χ3v) is 4.00. The van der Waals surface area contributed by atoms with Crippen LogP contribution in [0.5, 0.6) is 0 Å². The highest BCUT2D eigenvalue weighted by atomic mass is 16.1. The van der Waals surface area contributed by atoms with E-state index in [1.807, 2.05) is 6.07 Å². The van der Waals surface area contributed by atoms with Gasteiger partial charge in [-0.1, -0.05) is 42.0 Å². The summed E-state index contributed by atoms with van der Waals surface area (Å²) in [7, 11) is 0. The van der Waals surface area contributed by atoms with Crippen molar-refractivity contribution >= 4 is 17.2 Å². The molecule has 3 aromatic rings. The summed E-state index contributed by atoms with van der Waals surface area (Å²) in [6.45, 7) is 6.23. The first-order valence-electron chi connectivity index (χ1n) is 6.76. The predicted octanol–water partition coefficient (Wildman–Crippen LogP) is 4.57. The molecular formula is C18H17NO. The van der Waals surface area contributed by atoms with Crippen molar-refractivity contribution < 1.29 is 4.79 Å². The van der Waals surface area contributed by atoms with Gasteiger partial charge in [-0.2, -0.15) is 0 Å². The van der Waals surface area contributed by atoms with E-state index in [1.54, 1.807) is 0 Å². The first kappa shape index (κ1) is 12.7. The quantitative estimate of drug-likeness (QED) is 0.675. The minimum Gasteiger partial charge on any atom is -0.354 e. The summed E-state index contributed by atoms with van der Waals surface area (Å²) in [5.74, 6) is 0. The van der Waals surface area contributed by atoms with Gasteiger partial charge in [0.2, 0.25) is 0 Å². The maximum atomic E-state index is 11.5. The summed E-state index contributed by atoms with van der Waals surface area (Å²) in [5.41, 5.74) is 7.39. The van der Waals surface area contributed by atoms with Gasteiger partial charge < -0.3 is 4.98 Å². The molecule has 1 heterocycles. The molecular weight excluding hydrogens is 246 g/mol. The van der Waals surface area contributed by atoms with Crippen molar-refractivity contribution in [2.75, 3.05) is 0 Å². The Bertz CT molecular complexity index is 794. The lowest BCUT2D eigenvalue weighted by molar-refractivity contribution is 0.112. The first-order chi connectivity index (χ1) is 9.61. The summed E-state index contributed by atoms with van der Waals surface area (Å²) < 4.78 is 0. The zero-order valence-electron chi connectivity index (χ0n) is 11.9. The highest BCUT2D eigenvalue weighted by molar-refractivity contribution is 6.05. The molecule has 0 amide bonds. The van der Waals surface area contributed by atoms with Gasteiger partial charge in [0.25, 0.3) is 0 Å². The molecule has 0 aliphatic heterocycles. The van der Waals surface area contributed by atoms with Crippen molar-refractivity contribution in [3.8, 4) is 11.3 Å². The minimum atomic E-state index is 0.743. The zero-order valence-corrected chi connectivity index (χ0v) is 11.9. The van der Waals surface area contributed by atoms with Gasteiger partial charge in [0.1, 0.15) is 0 Å². The predicted molar refractivity (Wildman–Crippen MR) is 83.3 cm³/mol. The Hall–Kier alpha value is -2.35. The fourth-order valence-corrected chi connectivity index (χ4v) is 2.60. The molecule has 0 radical (unpaired) electrons. The molecule has 100 valence electrons. The standard InChI is InChI=1S/C18H17NO/c1-11-4-7-14(8-5-11)18-16(10-20)15-9-6-12(2)13(3)17(15)19-18/h4-10,19H,1-3H3. The molecule has 0 fully saturated rings. The number of H-pyrrole nitrogens is 1. The van der Waals surface area contributed by atoms with Gasteiger partial charge in [-0.25, -0.2) is 0 Å². The van der Waals surface area contributed by atoms with Crippen LogP contribution in [0, 0.1) is 20.8 Å². The van der Waals surface area contributed by atoms with Gasteiger partial charge in [0, 0.05) is 16.5 Å². The molecule has 0 unspecified atom stereocenters. The van der Waals surface area contributed by atoms with Crippen LogP contribution in [0.4, 0.5) is 0 Å². The van der Waals surface area contributed by atoms with E-state index in [-0.39, 0.29) is 0 Å². The van der Waals surface area contributed by atoms with E-state index in [1.165, 1.54) is 16.7 Å². The van der Waals surface area contributed by atoms with E-state index < -0.39 is 0 Å². The largest absolute Gasteiger partial charge is 0.354 e. The van der Waals surface area contributed by atoms with Crippen molar-refractivity contribution in [2.45, 2.75) is 20.8 Å². The van der Waals surface area contributed by atoms with E-state index in [2.05, 4.69) is 56.1 Å². The number of hydrogen-bond donors (Lipinski definition) is 1. The number of rotatable bonds is 2. The van der Waals surface area contributed by atoms with Crippen LogP contribution in [0.1, 0.15) is 27.0 Å². The molecule has 3 rings (SSSR count). The van der Waals surface area contributed by atoms with Crippen LogP contribution in [0.15, 0.2) is 36.4 Å². The first-order valence-corrected chi connectivity index (χ1v) is 6.76. The van der Waals surface area contributed by atoms with Crippen LogP contribution in [0.25, 0.3) is 22.2 Å². The zero-order chi connectivity index (χ0) is 14.3. The number of aromatic amines is 1. The molecule has 2 nitrogen and oxygen atoms in total. The van der Waals surface area contributed by atoms with Gasteiger partial charge in [0.15, 0.2) is 6.29 Å². The Balaban J connectivity index is 2.33. The summed E-state index contributed by atoms with van der Waals surface area (Å²) in [6.07, 6.45) is 0.947. The second kappa shape index (κ2) is 4.64. The minimum absolute atomic E-state index is 0.743. The number of aryl methyl sites for hydroxylation is 3. The fourth-order valence-electron chi connectivity index (χ4n) is 2.60. The molecule has 0 saturated heterocycles. The second-order valence-electron chi connectivity index (χ2n) is 5.33. The third-order valence-electron chi connectivity index (χ3n) is 4.00. The van der Waals surface area contributed by atoms with Gasteiger partial charge in [0.05, 0.1) is 5.69 Å². The third kappa shape index (κ3) is 1.85. The summed E-state index contributed by atoms with van der Waals surface area (Å²) in [4.78, 5) is 14.9. The molecule has 0 aliphatic rings. The average Bonchev–Trinajstić information content (AvgIpc) is 2.83. The number of aromatic nitrogens is 1. The second-order valence-corrected chi connectivity index (χ2v) is 5.33. The molecule has 0 spiro atoms. The fraction of sp³-hybridized carbons (Fsp3) is 0.167. The molecule has 0 bridgehead atoms. The smallest absolute Gasteiger partial charge is 0.152 e. The lowest BCUT2D eigenvalue weighted by Gasteiger charge is -2.00. The molecule has 1 aromatic heterocycles. The Morgan fingerprint density at radius 3 is 2.30 bits per heavy atom. The van der Waals surface area contributed by atoms with Gasteiger partial charge in [-0.15, -0.1) is 0 Å². The van der Waals surface area contributed by atoms with Crippen molar-refractivity contribution in [1.29, 1.82) is 0 Å². The maximum absolute atomic E-state index is 11.5. The molecule has 0 saturated carbocycles. The highest BCUT2D eigenvalue weighted by Gasteiger charge is 2.14. The van der Waals surface area contributed by atoms with Crippen LogP contribution in [0.3, 0.4) is 0 Å². The van der Waals surface area contributed by atoms with E-state index in [9.17, 15) is 4.79 Å². The van der Waals surface area contributed by atoms with E-state index in [0.717, 1.165) is 34.0 Å². The van der Waals surface area contributed by atoms with Crippen LogP contribution >= 0.6 is 0 Å². The number of carbonyl (C=O) groups excluding carboxylic acids is 1. The summed E-state index contributed by atoms with van der Waals surface area (Å²) in [6, 6.07) is 12.3. The molecule has 0 aliphatic carbocycles. The summed E-state index contributed by atoms with van der Waals surface area (Å²) >= 11 is 0. The normalized spacial score (nSPS) is 10.9. The van der Waals surface area contributed by atoms with Crippen LogP contribution < -0.4 is 0 Å². The number of hydrogen-bond acceptors (Lipinski definition) is 1. The molecule has 20 heavy (non-hydrogen) atoms. The number of nitrogens with one attached hydrogen (secondary N) is 1. The van der Waals surface area contributed by atoms with Crippen LogP contribution in [-0.4, -0.2) is 11.3 Å². The maximum Gasteiger partial charge on any atom is 0.152 e. The van der Waals surface area contributed by atoms with Gasteiger partial charge >= 0.3 is 0 Å². The topological polar surface area (TPSA) is 32.9 Å². The van der Waals surface area contributed by atoms with Crippen LogP contribution in [0.2, 0.25) is 0 Å². The van der Waals surface area contributed by atoms with E-state index in [0.29, 0.717) is 0 Å². The number of benzene rings is 2. The monoisotopic (exact) mass is 263 g/mol. The van der Waals surface area contributed by atoms with Crippen molar-refractivity contribution in [2.24, 2.45) is 0 Å². The number of carbonyl (C=O) groups is 1. The Kier molecular flexibility index (Phi) is 2.94. The SMILES string of the molecule is Cc1ccc(-c2[nH]c3c(C)c(C)ccc3c2C=O)cc1. The Labute approximate surface area is 118 Å². The van der Waals surface area contributed by atoms with Crippen molar-refractivity contribution in [1.82, 2.24) is 4.98 Å². The molecule has 2 aromatic carbocycles. The lowest BCUT2D eigenvalue weighted by atomic mass is 10.0. The molecule has 1 N–H and O–H groups in total. The lowest BCUT2D eigenvalue weighted by Crippen LogP contribution is -1.84. The molecule has 0 atom stereocenters. The van der Waals surface area contributed by atoms with Gasteiger partial charge in [-0.05, 0) is 37.5 Å². The van der Waals surface area contributed by atoms with E-state index in [4.69, 9.17) is 0 Å². The number of fused-ring (bicyclic) bond motifs is 1. The van der Waals surface area contributed by atoms with Gasteiger partial charge in [-0.3, -0.25) is 4.79 Å². The Morgan fingerprint density at radius 2 is 1.65 bits per heavy atom.